The van der Waals surface area contributed by atoms with Crippen molar-refractivity contribution in [1.82, 2.24) is 20.4 Å². The molecule has 1 saturated carbocycles. The molecule has 0 saturated heterocycles. The Morgan fingerprint density at radius 3 is 2.65 bits per heavy atom. The molecule has 6 heteroatoms. The van der Waals surface area contributed by atoms with E-state index < -0.39 is 0 Å². The van der Waals surface area contributed by atoms with E-state index in [1.54, 1.807) is 0 Å². The minimum atomic E-state index is 0.238. The minimum absolute atomic E-state index is 0.238. The average Bonchev–Trinajstić information content (AvgIpc) is 3.34. The molecule has 2 aromatic rings. The van der Waals surface area contributed by atoms with Crippen LogP contribution in [0, 0.1) is 13.8 Å². The lowest BCUT2D eigenvalue weighted by Gasteiger charge is -2.20. The molecule has 0 spiro atoms. The van der Waals surface area contributed by atoms with E-state index in [9.17, 15) is 0 Å². The maximum absolute atomic E-state index is 4.50. The van der Waals surface area contributed by atoms with Gasteiger partial charge < -0.3 is 10.6 Å². The molecule has 5 nitrogen and oxygen atoms in total. The molecule has 3 rings (SSSR count). The number of guanidine groups is 1. The highest BCUT2D eigenvalue weighted by Crippen LogP contribution is 2.49. The molecule has 0 atom stereocenters. The van der Waals surface area contributed by atoms with Crippen LogP contribution in [0.1, 0.15) is 36.2 Å². The number of hydrogen-bond donors (Lipinski definition) is 2. The predicted molar refractivity (Wildman–Crippen MR) is 111 cm³/mol. The van der Waals surface area contributed by atoms with E-state index in [1.165, 1.54) is 28.6 Å². The molecule has 140 valence electrons. The Kier molecular flexibility index (Phi) is 6.01. The molecule has 0 bridgehead atoms. The molecule has 1 heterocycles. The topological polar surface area (TPSA) is 54.2 Å². The molecule has 1 aliphatic carbocycles. The van der Waals surface area contributed by atoms with Crippen LogP contribution in [-0.4, -0.2) is 35.9 Å². The van der Waals surface area contributed by atoms with Gasteiger partial charge in [0.2, 0.25) is 0 Å². The van der Waals surface area contributed by atoms with Crippen LogP contribution in [0.15, 0.2) is 39.8 Å². The first-order valence-corrected chi connectivity index (χ1v) is 10.0. The number of aliphatic imine (C=N–C) groups is 1. The molecule has 1 aromatic heterocycles. The highest BCUT2D eigenvalue weighted by atomic mass is 79.9. The number of halogens is 1. The van der Waals surface area contributed by atoms with Crippen molar-refractivity contribution in [3.8, 4) is 0 Å². The third-order valence-corrected chi connectivity index (χ3v) is 5.75. The highest BCUT2D eigenvalue weighted by Gasteiger charge is 2.45. The molecule has 26 heavy (non-hydrogen) atoms. The average molecular weight is 418 g/mol. The third kappa shape index (κ3) is 4.47. The quantitative estimate of drug-likeness (QED) is 0.411. The van der Waals surface area contributed by atoms with Crippen LogP contribution in [0.2, 0.25) is 0 Å². The molecular weight excluding hydrogens is 390 g/mol. The van der Waals surface area contributed by atoms with Gasteiger partial charge in [-0.3, -0.25) is 9.67 Å². The van der Waals surface area contributed by atoms with Crippen LogP contribution in [0.3, 0.4) is 0 Å². The molecule has 1 fully saturated rings. The first kappa shape index (κ1) is 19.0. The van der Waals surface area contributed by atoms with Crippen molar-refractivity contribution in [2.45, 2.75) is 45.1 Å². The standard InChI is InChI=1S/C20H28BrN5/c1-15-13-16(2)26(25-15)12-6-11-23-19(22-3)24-14-20(9-10-20)17-7-4-5-8-18(17)21/h4-5,7-8,13H,6,9-12,14H2,1-3H3,(H2,22,23,24). The van der Waals surface area contributed by atoms with Crippen molar-refractivity contribution in [2.24, 2.45) is 4.99 Å². The summed E-state index contributed by atoms with van der Waals surface area (Å²) in [5.74, 6) is 0.872. The number of aryl methyl sites for hydroxylation is 3. The van der Waals surface area contributed by atoms with Gasteiger partial charge in [-0.1, -0.05) is 34.1 Å². The number of rotatable bonds is 7. The molecule has 1 aromatic carbocycles. The van der Waals surface area contributed by atoms with Crippen molar-refractivity contribution < 1.29 is 0 Å². The fourth-order valence-corrected chi connectivity index (χ4v) is 4.10. The molecule has 2 N–H and O–H groups in total. The molecule has 0 amide bonds. The maximum Gasteiger partial charge on any atom is 0.191 e. The zero-order valence-electron chi connectivity index (χ0n) is 15.8. The largest absolute Gasteiger partial charge is 0.356 e. The van der Waals surface area contributed by atoms with Crippen LogP contribution in [0.25, 0.3) is 0 Å². The Morgan fingerprint density at radius 1 is 1.27 bits per heavy atom. The minimum Gasteiger partial charge on any atom is -0.356 e. The summed E-state index contributed by atoms with van der Waals surface area (Å²) in [5, 5.41) is 11.4. The van der Waals surface area contributed by atoms with Gasteiger partial charge >= 0.3 is 0 Å². The molecular formula is C20H28BrN5. The van der Waals surface area contributed by atoms with Crippen LogP contribution >= 0.6 is 15.9 Å². The maximum atomic E-state index is 4.50. The van der Waals surface area contributed by atoms with Crippen molar-refractivity contribution in [1.29, 1.82) is 0 Å². The predicted octanol–water partition coefficient (Wildman–Crippen LogP) is 3.55. The lowest BCUT2D eigenvalue weighted by atomic mass is 9.96. The lowest BCUT2D eigenvalue weighted by molar-refractivity contribution is 0.553. The molecule has 1 aliphatic rings. The van der Waals surface area contributed by atoms with Crippen molar-refractivity contribution in [3.05, 3.63) is 51.8 Å². The Balaban J connectivity index is 1.45. The van der Waals surface area contributed by atoms with E-state index in [1.807, 2.05) is 14.0 Å². The van der Waals surface area contributed by atoms with Gasteiger partial charge in [0.05, 0.1) is 5.69 Å². The van der Waals surface area contributed by atoms with Gasteiger partial charge in [-0.25, -0.2) is 0 Å². The Hall–Kier alpha value is -1.82. The van der Waals surface area contributed by atoms with Gasteiger partial charge in [0, 0.05) is 42.3 Å². The molecule has 0 unspecified atom stereocenters. The number of nitrogens with zero attached hydrogens (tertiary/aromatic N) is 3. The Bertz CT molecular complexity index is 776. The smallest absolute Gasteiger partial charge is 0.191 e. The number of aromatic nitrogens is 2. The van der Waals surface area contributed by atoms with E-state index in [0.29, 0.717) is 0 Å². The van der Waals surface area contributed by atoms with Gasteiger partial charge in [0.1, 0.15) is 0 Å². The molecule has 0 aliphatic heterocycles. The highest BCUT2D eigenvalue weighted by molar-refractivity contribution is 9.10. The second-order valence-electron chi connectivity index (χ2n) is 7.12. The zero-order chi connectivity index (χ0) is 18.6. The van der Waals surface area contributed by atoms with Crippen molar-refractivity contribution >= 4 is 21.9 Å². The summed E-state index contributed by atoms with van der Waals surface area (Å²) in [4.78, 5) is 4.36. The second kappa shape index (κ2) is 8.25. The summed E-state index contributed by atoms with van der Waals surface area (Å²) in [6, 6.07) is 10.7. The van der Waals surface area contributed by atoms with Gasteiger partial charge in [-0.2, -0.15) is 5.10 Å². The van der Waals surface area contributed by atoms with Crippen LogP contribution < -0.4 is 10.6 Å². The van der Waals surface area contributed by atoms with Crippen LogP contribution in [0.4, 0.5) is 0 Å². The van der Waals surface area contributed by atoms with E-state index in [2.05, 4.69) is 78.6 Å². The van der Waals surface area contributed by atoms with E-state index in [0.717, 1.165) is 37.7 Å². The number of nitrogens with one attached hydrogen (secondary N) is 2. The third-order valence-electron chi connectivity index (χ3n) is 5.06. The van der Waals surface area contributed by atoms with Crippen LogP contribution in [-0.2, 0) is 12.0 Å². The number of benzene rings is 1. The van der Waals surface area contributed by atoms with E-state index in [4.69, 9.17) is 0 Å². The molecule has 0 radical (unpaired) electrons. The first-order chi connectivity index (χ1) is 12.5. The SMILES string of the molecule is CN=C(NCCCn1nc(C)cc1C)NCC1(c2ccccc2Br)CC1. The van der Waals surface area contributed by atoms with Gasteiger partial charge in [0.25, 0.3) is 0 Å². The summed E-state index contributed by atoms with van der Waals surface area (Å²) < 4.78 is 3.27. The van der Waals surface area contributed by atoms with Gasteiger partial charge in [-0.05, 0) is 50.8 Å². The van der Waals surface area contributed by atoms with Crippen molar-refractivity contribution in [3.63, 3.8) is 0 Å². The van der Waals surface area contributed by atoms with Crippen molar-refractivity contribution in [2.75, 3.05) is 20.1 Å². The summed E-state index contributed by atoms with van der Waals surface area (Å²) >= 11 is 3.70. The fraction of sp³-hybridized carbons (Fsp3) is 0.500. The monoisotopic (exact) mass is 417 g/mol. The normalized spacial score (nSPS) is 15.8. The van der Waals surface area contributed by atoms with Gasteiger partial charge in [-0.15, -0.1) is 0 Å². The lowest BCUT2D eigenvalue weighted by Crippen LogP contribution is -2.41. The summed E-state index contributed by atoms with van der Waals surface area (Å²) in [7, 11) is 1.83. The summed E-state index contributed by atoms with van der Waals surface area (Å²) in [5.41, 5.74) is 3.93. The zero-order valence-corrected chi connectivity index (χ0v) is 17.4. The Morgan fingerprint density at radius 2 is 2.04 bits per heavy atom. The summed E-state index contributed by atoms with van der Waals surface area (Å²) in [6.07, 6.45) is 3.45. The van der Waals surface area contributed by atoms with E-state index >= 15 is 0 Å². The fourth-order valence-electron chi connectivity index (χ4n) is 3.39. The number of hydrogen-bond acceptors (Lipinski definition) is 2. The van der Waals surface area contributed by atoms with E-state index in [-0.39, 0.29) is 5.41 Å². The van der Waals surface area contributed by atoms with Gasteiger partial charge in [0.15, 0.2) is 5.96 Å². The van der Waals surface area contributed by atoms with Crippen LogP contribution in [0.5, 0.6) is 0 Å². The summed E-state index contributed by atoms with van der Waals surface area (Å²) in [6.45, 7) is 6.84. The Labute approximate surface area is 164 Å². The second-order valence-corrected chi connectivity index (χ2v) is 7.97. The first-order valence-electron chi connectivity index (χ1n) is 9.25.